The van der Waals surface area contributed by atoms with E-state index in [-0.39, 0.29) is 6.42 Å². The van der Waals surface area contributed by atoms with Crippen LogP contribution in [-0.4, -0.2) is 30.8 Å². The molecular weight excluding hydrogens is 222 g/mol. The summed E-state index contributed by atoms with van der Waals surface area (Å²) in [4.78, 5) is 10.7. The van der Waals surface area contributed by atoms with E-state index in [9.17, 15) is 4.79 Å². The van der Waals surface area contributed by atoms with Crippen molar-refractivity contribution in [3.63, 3.8) is 0 Å². The maximum absolute atomic E-state index is 10.7. The molecule has 0 bridgehead atoms. The van der Waals surface area contributed by atoms with Crippen molar-refractivity contribution >= 4 is 5.97 Å². The fourth-order valence-electron chi connectivity index (χ4n) is 1.55. The quantitative estimate of drug-likeness (QED) is 0.775. The summed E-state index contributed by atoms with van der Waals surface area (Å²) in [7, 11) is 1.52. The van der Waals surface area contributed by atoms with Gasteiger partial charge in [0.2, 0.25) is 0 Å². The molecule has 0 saturated carbocycles. The molecule has 0 aliphatic rings. The molecule has 94 valence electrons. The third-order valence-electron chi connectivity index (χ3n) is 2.32. The molecule has 0 heterocycles. The van der Waals surface area contributed by atoms with Crippen LogP contribution in [0.1, 0.15) is 12.5 Å². The molecule has 5 nitrogen and oxygen atoms in total. The normalized spacial score (nSPS) is 11.9. The summed E-state index contributed by atoms with van der Waals surface area (Å²) in [6.07, 6.45) is 0.208. The lowest BCUT2D eigenvalue weighted by atomic mass is 10.1. The van der Waals surface area contributed by atoms with Crippen LogP contribution in [0.15, 0.2) is 18.2 Å². The van der Waals surface area contributed by atoms with Crippen molar-refractivity contribution in [2.75, 3.05) is 13.7 Å². The van der Waals surface area contributed by atoms with Gasteiger partial charge >= 0.3 is 5.97 Å². The second kappa shape index (κ2) is 6.10. The fraction of sp³-hybridized carbons (Fsp3) is 0.417. The molecule has 0 spiro atoms. The summed E-state index contributed by atoms with van der Waals surface area (Å²) in [5.74, 6) is 0.116. The van der Waals surface area contributed by atoms with Gasteiger partial charge in [-0.15, -0.1) is 0 Å². The Labute approximate surface area is 100 Å². The zero-order valence-corrected chi connectivity index (χ0v) is 9.97. The van der Waals surface area contributed by atoms with E-state index < -0.39 is 12.0 Å². The summed E-state index contributed by atoms with van der Waals surface area (Å²) >= 11 is 0. The fourth-order valence-corrected chi connectivity index (χ4v) is 1.55. The van der Waals surface area contributed by atoms with Crippen molar-refractivity contribution in [1.82, 2.24) is 0 Å². The van der Waals surface area contributed by atoms with E-state index in [1.807, 2.05) is 6.92 Å². The first kappa shape index (κ1) is 13.3. The van der Waals surface area contributed by atoms with Crippen LogP contribution in [0, 0.1) is 0 Å². The summed E-state index contributed by atoms with van der Waals surface area (Å²) in [6.45, 7) is 2.39. The molecule has 0 fully saturated rings. The highest BCUT2D eigenvalue weighted by molar-refractivity contribution is 5.73. The lowest BCUT2D eigenvalue weighted by Gasteiger charge is -2.14. The summed E-state index contributed by atoms with van der Waals surface area (Å²) in [6, 6.07) is 4.40. The first-order valence-corrected chi connectivity index (χ1v) is 5.37. The number of methoxy groups -OCH3 is 1. The average Bonchev–Trinajstić information content (AvgIpc) is 2.29. The van der Waals surface area contributed by atoms with Crippen LogP contribution in [0.5, 0.6) is 11.5 Å². The average molecular weight is 239 g/mol. The van der Waals surface area contributed by atoms with E-state index in [4.69, 9.17) is 20.3 Å². The topological polar surface area (TPSA) is 81.8 Å². The molecule has 1 unspecified atom stereocenters. The molecule has 1 rings (SSSR count). The van der Waals surface area contributed by atoms with Crippen LogP contribution in [0.25, 0.3) is 0 Å². The van der Waals surface area contributed by atoms with Gasteiger partial charge < -0.3 is 20.3 Å². The third-order valence-corrected chi connectivity index (χ3v) is 2.32. The third kappa shape index (κ3) is 3.35. The molecule has 1 atom stereocenters. The zero-order valence-electron chi connectivity index (χ0n) is 9.97. The summed E-state index contributed by atoms with van der Waals surface area (Å²) in [5, 5.41) is 8.78. The van der Waals surface area contributed by atoms with Crippen LogP contribution in [-0.2, 0) is 11.2 Å². The van der Waals surface area contributed by atoms with Crippen molar-refractivity contribution in [3.05, 3.63) is 23.8 Å². The number of hydrogen-bond acceptors (Lipinski definition) is 4. The minimum Gasteiger partial charge on any atom is -0.493 e. The number of hydrogen-bond donors (Lipinski definition) is 2. The van der Waals surface area contributed by atoms with Gasteiger partial charge in [0.15, 0.2) is 11.5 Å². The van der Waals surface area contributed by atoms with E-state index in [1.54, 1.807) is 18.2 Å². The molecule has 1 aromatic rings. The molecule has 0 radical (unpaired) electrons. The number of benzene rings is 1. The van der Waals surface area contributed by atoms with Gasteiger partial charge in [-0.3, -0.25) is 4.79 Å². The number of para-hydroxylation sites is 1. The van der Waals surface area contributed by atoms with Gasteiger partial charge in [-0.2, -0.15) is 0 Å². The Bertz CT molecular complexity index is 392. The van der Waals surface area contributed by atoms with Gasteiger partial charge in [-0.25, -0.2) is 0 Å². The Balaban J connectivity index is 2.98. The predicted octanol–water partition coefficient (Wildman–Crippen LogP) is 1.05. The second-order valence-corrected chi connectivity index (χ2v) is 3.53. The molecule has 0 amide bonds. The van der Waals surface area contributed by atoms with Gasteiger partial charge in [0.1, 0.15) is 6.04 Å². The molecule has 0 aromatic heterocycles. The maximum atomic E-state index is 10.7. The van der Waals surface area contributed by atoms with Crippen molar-refractivity contribution in [2.45, 2.75) is 19.4 Å². The van der Waals surface area contributed by atoms with Crippen molar-refractivity contribution in [1.29, 1.82) is 0 Å². The first-order chi connectivity index (χ1) is 8.10. The Kier molecular flexibility index (Phi) is 4.78. The number of rotatable bonds is 6. The molecule has 1 aromatic carbocycles. The van der Waals surface area contributed by atoms with Crippen molar-refractivity contribution in [3.8, 4) is 11.5 Å². The van der Waals surface area contributed by atoms with Crippen LogP contribution < -0.4 is 15.2 Å². The lowest BCUT2D eigenvalue weighted by Crippen LogP contribution is -2.32. The Morgan fingerprint density at radius 3 is 2.76 bits per heavy atom. The van der Waals surface area contributed by atoms with Gasteiger partial charge in [0, 0.05) is 12.0 Å². The highest BCUT2D eigenvalue weighted by atomic mass is 16.5. The van der Waals surface area contributed by atoms with Gasteiger partial charge in [0.25, 0.3) is 0 Å². The number of carboxylic acids is 1. The molecule has 5 heteroatoms. The lowest BCUT2D eigenvalue weighted by molar-refractivity contribution is -0.138. The van der Waals surface area contributed by atoms with Gasteiger partial charge in [0.05, 0.1) is 13.7 Å². The highest BCUT2D eigenvalue weighted by Crippen LogP contribution is 2.31. The smallest absolute Gasteiger partial charge is 0.320 e. The molecule has 0 aliphatic carbocycles. The number of aliphatic carboxylic acids is 1. The zero-order chi connectivity index (χ0) is 12.8. The summed E-state index contributed by atoms with van der Waals surface area (Å²) in [5.41, 5.74) is 6.23. The maximum Gasteiger partial charge on any atom is 0.320 e. The minimum absolute atomic E-state index is 0.208. The van der Waals surface area contributed by atoms with Crippen molar-refractivity contribution in [2.24, 2.45) is 5.73 Å². The number of carboxylic acid groups (broad SMARTS) is 1. The Hall–Kier alpha value is -1.75. The van der Waals surface area contributed by atoms with Gasteiger partial charge in [-0.05, 0) is 13.0 Å². The number of ether oxygens (including phenoxy) is 2. The molecule has 3 N–H and O–H groups in total. The van der Waals surface area contributed by atoms with E-state index in [1.165, 1.54) is 7.11 Å². The minimum atomic E-state index is -1.03. The number of carbonyl (C=O) groups is 1. The van der Waals surface area contributed by atoms with Crippen LogP contribution in [0.4, 0.5) is 0 Å². The number of nitrogens with two attached hydrogens (primary N) is 1. The van der Waals surface area contributed by atoms with E-state index in [0.717, 1.165) is 5.56 Å². The van der Waals surface area contributed by atoms with Crippen LogP contribution in [0.3, 0.4) is 0 Å². The molecule has 0 aliphatic heterocycles. The largest absolute Gasteiger partial charge is 0.493 e. The monoisotopic (exact) mass is 239 g/mol. The van der Waals surface area contributed by atoms with E-state index >= 15 is 0 Å². The molecule has 17 heavy (non-hydrogen) atoms. The molecular formula is C12H17NO4. The Morgan fingerprint density at radius 2 is 2.24 bits per heavy atom. The van der Waals surface area contributed by atoms with Gasteiger partial charge in [-0.1, -0.05) is 12.1 Å². The molecule has 0 saturated heterocycles. The predicted molar refractivity (Wildman–Crippen MR) is 63.5 cm³/mol. The van der Waals surface area contributed by atoms with E-state index in [0.29, 0.717) is 18.1 Å². The van der Waals surface area contributed by atoms with Crippen LogP contribution in [0.2, 0.25) is 0 Å². The first-order valence-electron chi connectivity index (χ1n) is 5.37. The standard InChI is InChI=1S/C12H17NO4/c1-3-17-10-6-4-5-8(11(10)16-2)7-9(13)12(14)15/h4-6,9H,3,7,13H2,1-2H3,(H,14,15). The van der Waals surface area contributed by atoms with Crippen LogP contribution >= 0.6 is 0 Å². The SMILES string of the molecule is CCOc1cccc(CC(N)C(=O)O)c1OC. The second-order valence-electron chi connectivity index (χ2n) is 3.53. The highest BCUT2D eigenvalue weighted by Gasteiger charge is 2.17. The van der Waals surface area contributed by atoms with E-state index in [2.05, 4.69) is 0 Å². The Morgan fingerprint density at radius 1 is 1.53 bits per heavy atom. The van der Waals surface area contributed by atoms with Crippen molar-refractivity contribution < 1.29 is 19.4 Å². The summed E-state index contributed by atoms with van der Waals surface area (Å²) < 4.78 is 10.6.